The average Bonchev–Trinajstić information content (AvgIpc) is 2.45. The van der Waals surface area contributed by atoms with E-state index in [9.17, 15) is 9.59 Å². The summed E-state index contributed by atoms with van der Waals surface area (Å²) in [7, 11) is 0. The molecular formula is C19H35NO4. The molecule has 0 atom stereocenters. The van der Waals surface area contributed by atoms with Crippen molar-refractivity contribution < 1.29 is 19.1 Å². The van der Waals surface area contributed by atoms with Gasteiger partial charge in [-0.15, -0.1) is 0 Å². The van der Waals surface area contributed by atoms with Crippen molar-refractivity contribution in [3.05, 3.63) is 0 Å². The Kier molecular flexibility index (Phi) is 6.34. The molecule has 0 aromatic rings. The fraction of sp³-hybridized carbons (Fsp3) is 0.895. The molecule has 5 heteroatoms. The number of carbonyl (C=O) groups excluding carboxylic acids is 2. The molecule has 1 heterocycles. The first-order valence-corrected chi connectivity index (χ1v) is 9.04. The standard InChI is InChI=1S/C19H35NO4/c1-9-18(7,8)15(21)23-19(14(2)3)10-12-20(13-11-19)16(22)24-17(4,5)6/h14H,9-13H2,1-8H3. The van der Waals surface area contributed by atoms with Crippen molar-refractivity contribution in [1.29, 1.82) is 0 Å². The second-order valence-electron chi connectivity index (χ2n) is 8.81. The highest BCUT2D eigenvalue weighted by atomic mass is 16.6. The monoisotopic (exact) mass is 341 g/mol. The van der Waals surface area contributed by atoms with E-state index >= 15 is 0 Å². The van der Waals surface area contributed by atoms with Crippen LogP contribution in [0.3, 0.4) is 0 Å². The van der Waals surface area contributed by atoms with Gasteiger partial charge in [-0.1, -0.05) is 20.8 Å². The lowest BCUT2D eigenvalue weighted by atomic mass is 9.80. The number of ether oxygens (including phenoxy) is 2. The molecule has 1 rings (SSSR count). The van der Waals surface area contributed by atoms with Crippen LogP contribution in [0.5, 0.6) is 0 Å². The second-order valence-corrected chi connectivity index (χ2v) is 8.81. The van der Waals surface area contributed by atoms with Crippen LogP contribution in [0, 0.1) is 11.3 Å². The quantitative estimate of drug-likeness (QED) is 0.712. The molecule has 0 aromatic heterocycles. The van der Waals surface area contributed by atoms with Crippen LogP contribution in [0.1, 0.15) is 74.7 Å². The molecule has 0 saturated carbocycles. The van der Waals surface area contributed by atoms with Crippen LogP contribution in [0.4, 0.5) is 4.79 Å². The van der Waals surface area contributed by atoms with Crippen molar-refractivity contribution in [3.63, 3.8) is 0 Å². The Balaban J connectivity index is 2.77. The van der Waals surface area contributed by atoms with Crippen molar-refractivity contribution in [2.75, 3.05) is 13.1 Å². The summed E-state index contributed by atoms with van der Waals surface area (Å²) in [5.41, 5.74) is -1.48. The molecule has 5 nitrogen and oxygen atoms in total. The Bertz CT molecular complexity index is 454. The first-order valence-electron chi connectivity index (χ1n) is 9.04. The molecule has 24 heavy (non-hydrogen) atoms. The van der Waals surface area contributed by atoms with E-state index < -0.39 is 16.6 Å². The van der Waals surface area contributed by atoms with Crippen molar-refractivity contribution >= 4 is 12.1 Å². The molecule has 0 aromatic carbocycles. The number of likely N-dealkylation sites (tertiary alicyclic amines) is 1. The SMILES string of the molecule is CCC(C)(C)C(=O)OC1(C(C)C)CCN(C(=O)OC(C)(C)C)CC1. The predicted octanol–water partition coefficient (Wildman–Crippen LogP) is 4.39. The highest BCUT2D eigenvalue weighted by molar-refractivity contribution is 5.76. The summed E-state index contributed by atoms with van der Waals surface area (Å²) >= 11 is 0. The maximum Gasteiger partial charge on any atom is 0.410 e. The van der Waals surface area contributed by atoms with Crippen molar-refractivity contribution in [2.24, 2.45) is 11.3 Å². The third kappa shape index (κ3) is 5.12. The molecule has 140 valence electrons. The van der Waals surface area contributed by atoms with E-state index in [0.29, 0.717) is 25.9 Å². The molecule has 1 aliphatic rings. The minimum absolute atomic E-state index is 0.149. The van der Waals surface area contributed by atoms with Crippen LogP contribution in [0.25, 0.3) is 0 Å². The highest BCUT2D eigenvalue weighted by Gasteiger charge is 2.44. The summed E-state index contributed by atoms with van der Waals surface area (Å²) in [6, 6.07) is 0. The first-order chi connectivity index (χ1) is 10.8. The van der Waals surface area contributed by atoms with Gasteiger partial charge in [-0.3, -0.25) is 4.79 Å². The van der Waals surface area contributed by atoms with Gasteiger partial charge >= 0.3 is 12.1 Å². The van der Waals surface area contributed by atoms with Crippen LogP contribution in [0.15, 0.2) is 0 Å². The molecule has 0 spiro atoms. The molecule has 1 saturated heterocycles. The average molecular weight is 341 g/mol. The zero-order valence-corrected chi connectivity index (χ0v) is 16.7. The van der Waals surface area contributed by atoms with Gasteiger partial charge in [0.05, 0.1) is 5.41 Å². The fourth-order valence-corrected chi connectivity index (χ4v) is 2.66. The van der Waals surface area contributed by atoms with Gasteiger partial charge in [0.1, 0.15) is 11.2 Å². The number of rotatable bonds is 4. The van der Waals surface area contributed by atoms with Crippen molar-refractivity contribution in [3.8, 4) is 0 Å². The van der Waals surface area contributed by atoms with E-state index in [1.807, 2.05) is 41.5 Å². The summed E-state index contributed by atoms with van der Waals surface area (Å²) < 4.78 is 11.4. The maximum atomic E-state index is 12.5. The van der Waals surface area contributed by atoms with Gasteiger partial charge in [-0.05, 0) is 47.0 Å². The number of hydrogen-bond donors (Lipinski definition) is 0. The van der Waals surface area contributed by atoms with Crippen molar-refractivity contribution in [1.82, 2.24) is 4.90 Å². The molecule has 0 aliphatic carbocycles. The molecule has 1 aliphatic heterocycles. The van der Waals surface area contributed by atoms with Crippen LogP contribution >= 0.6 is 0 Å². The summed E-state index contributed by atoms with van der Waals surface area (Å²) in [5, 5.41) is 0. The summed E-state index contributed by atoms with van der Waals surface area (Å²) in [6.45, 7) is 16.7. The van der Waals surface area contributed by atoms with E-state index in [-0.39, 0.29) is 18.0 Å². The summed E-state index contributed by atoms with van der Waals surface area (Å²) in [6.07, 6.45) is 1.75. The number of hydrogen-bond acceptors (Lipinski definition) is 4. The minimum Gasteiger partial charge on any atom is -0.458 e. The topological polar surface area (TPSA) is 55.8 Å². The fourth-order valence-electron chi connectivity index (χ4n) is 2.66. The van der Waals surface area contributed by atoms with E-state index in [0.717, 1.165) is 6.42 Å². The van der Waals surface area contributed by atoms with E-state index in [1.165, 1.54) is 0 Å². The largest absolute Gasteiger partial charge is 0.458 e. The zero-order chi connectivity index (χ0) is 18.8. The predicted molar refractivity (Wildman–Crippen MR) is 94.8 cm³/mol. The normalized spacial score (nSPS) is 18.5. The van der Waals surface area contributed by atoms with Crippen LogP contribution < -0.4 is 0 Å². The Hall–Kier alpha value is -1.26. The molecule has 1 fully saturated rings. The smallest absolute Gasteiger partial charge is 0.410 e. The second kappa shape index (κ2) is 7.32. The number of amides is 1. The lowest BCUT2D eigenvalue weighted by molar-refractivity contribution is -0.182. The van der Waals surface area contributed by atoms with Crippen molar-refractivity contribution in [2.45, 2.75) is 85.9 Å². The number of nitrogens with zero attached hydrogens (tertiary/aromatic N) is 1. The molecule has 0 N–H and O–H groups in total. The molecular weight excluding hydrogens is 306 g/mol. The van der Waals surface area contributed by atoms with Crippen LogP contribution in [-0.4, -0.2) is 41.3 Å². The molecule has 1 amide bonds. The summed E-state index contributed by atoms with van der Waals surface area (Å²) in [4.78, 5) is 26.5. The molecule has 0 radical (unpaired) electrons. The highest BCUT2D eigenvalue weighted by Crippen LogP contribution is 2.37. The van der Waals surface area contributed by atoms with Crippen LogP contribution in [0.2, 0.25) is 0 Å². The number of piperidine rings is 1. The van der Waals surface area contributed by atoms with E-state index in [2.05, 4.69) is 13.8 Å². The van der Waals surface area contributed by atoms with Crippen LogP contribution in [-0.2, 0) is 14.3 Å². The van der Waals surface area contributed by atoms with E-state index in [4.69, 9.17) is 9.47 Å². The van der Waals surface area contributed by atoms with Gasteiger partial charge in [0.2, 0.25) is 0 Å². The van der Waals surface area contributed by atoms with E-state index in [1.54, 1.807) is 4.90 Å². The maximum absolute atomic E-state index is 12.5. The molecule has 0 unspecified atom stereocenters. The third-order valence-corrected chi connectivity index (χ3v) is 5.05. The number of carbonyl (C=O) groups is 2. The molecule has 0 bridgehead atoms. The lowest BCUT2D eigenvalue weighted by Gasteiger charge is -2.45. The Morgan fingerprint density at radius 1 is 1.08 bits per heavy atom. The van der Waals surface area contributed by atoms with Gasteiger partial charge in [0.25, 0.3) is 0 Å². The lowest BCUT2D eigenvalue weighted by Crippen LogP contribution is -2.53. The van der Waals surface area contributed by atoms with Gasteiger partial charge in [-0.25, -0.2) is 4.79 Å². The number of esters is 1. The van der Waals surface area contributed by atoms with Gasteiger partial charge in [0.15, 0.2) is 0 Å². The Morgan fingerprint density at radius 2 is 1.58 bits per heavy atom. The zero-order valence-electron chi connectivity index (χ0n) is 16.7. The first kappa shape index (κ1) is 20.8. The Morgan fingerprint density at radius 3 is 1.96 bits per heavy atom. The minimum atomic E-state index is -0.499. The third-order valence-electron chi connectivity index (χ3n) is 5.05. The van der Waals surface area contributed by atoms with Gasteiger partial charge in [0, 0.05) is 25.9 Å². The van der Waals surface area contributed by atoms with Gasteiger partial charge in [-0.2, -0.15) is 0 Å². The van der Waals surface area contributed by atoms with Gasteiger partial charge < -0.3 is 14.4 Å². The Labute approximate surface area is 147 Å². The summed E-state index contributed by atoms with van der Waals surface area (Å²) in [5.74, 6) is 0.0549.